The van der Waals surface area contributed by atoms with Gasteiger partial charge in [-0.05, 0) is 29.6 Å². The lowest BCUT2D eigenvalue weighted by Crippen LogP contribution is -2.16. The second-order valence-corrected chi connectivity index (χ2v) is 5.90. The highest BCUT2D eigenvalue weighted by Crippen LogP contribution is 2.21. The Morgan fingerprint density at radius 3 is 2.91 bits per heavy atom. The Kier molecular flexibility index (Phi) is 5.68. The van der Waals surface area contributed by atoms with Gasteiger partial charge >= 0.3 is 5.97 Å². The number of carboxylic acid groups (broad SMARTS) is 1. The van der Waals surface area contributed by atoms with Gasteiger partial charge < -0.3 is 9.84 Å². The first-order valence-corrected chi connectivity index (χ1v) is 7.74. The molecule has 0 saturated heterocycles. The molecule has 1 amide bonds. The molecule has 1 aromatic heterocycles. The molecule has 0 radical (unpaired) electrons. The van der Waals surface area contributed by atoms with Crippen LogP contribution in [0.3, 0.4) is 0 Å². The molecule has 0 fully saturated rings. The van der Waals surface area contributed by atoms with Crippen molar-refractivity contribution >= 4 is 45.4 Å². The van der Waals surface area contributed by atoms with E-state index in [9.17, 15) is 9.59 Å². The smallest absolute Gasteiger partial charge is 0.341 e. The van der Waals surface area contributed by atoms with Gasteiger partial charge in [0.2, 0.25) is 0 Å². The number of aliphatic carboxylic acids is 1. The third kappa shape index (κ3) is 4.68. The molecule has 0 unspecified atom stereocenters. The van der Waals surface area contributed by atoms with Crippen molar-refractivity contribution in [1.82, 2.24) is 5.43 Å². The summed E-state index contributed by atoms with van der Waals surface area (Å²) in [6.45, 7) is -0.454. The molecule has 0 saturated carbocycles. The van der Waals surface area contributed by atoms with Gasteiger partial charge in [0.05, 0.1) is 11.1 Å². The zero-order valence-electron chi connectivity index (χ0n) is 11.2. The Bertz CT molecular complexity index is 701. The zero-order chi connectivity index (χ0) is 15.9. The molecule has 2 aromatic rings. The Balaban J connectivity index is 2.07. The van der Waals surface area contributed by atoms with Crippen molar-refractivity contribution in [2.75, 3.05) is 6.61 Å². The number of nitrogens with zero attached hydrogens (tertiary/aromatic N) is 1. The molecule has 1 heterocycles. The Morgan fingerprint density at radius 2 is 2.23 bits per heavy atom. The van der Waals surface area contributed by atoms with E-state index in [2.05, 4.69) is 26.5 Å². The summed E-state index contributed by atoms with van der Waals surface area (Å²) in [4.78, 5) is 22.8. The molecule has 6 nitrogen and oxygen atoms in total. The van der Waals surface area contributed by atoms with Gasteiger partial charge in [-0.2, -0.15) is 5.10 Å². The minimum Gasteiger partial charge on any atom is -0.481 e. The Hall–Kier alpha value is -2.19. The minimum absolute atomic E-state index is 0.311. The fourth-order valence-corrected chi connectivity index (χ4v) is 2.51. The van der Waals surface area contributed by atoms with E-state index in [1.54, 1.807) is 35.7 Å². The van der Waals surface area contributed by atoms with Gasteiger partial charge in [-0.1, -0.05) is 22.0 Å². The van der Waals surface area contributed by atoms with Crippen molar-refractivity contribution < 1.29 is 19.4 Å². The van der Waals surface area contributed by atoms with E-state index in [1.807, 2.05) is 0 Å². The summed E-state index contributed by atoms with van der Waals surface area (Å²) in [6.07, 6.45) is 1.40. The largest absolute Gasteiger partial charge is 0.481 e. The van der Waals surface area contributed by atoms with Gasteiger partial charge in [0.15, 0.2) is 6.61 Å². The van der Waals surface area contributed by atoms with Crippen molar-refractivity contribution in [3.05, 3.63) is 50.6 Å². The number of benzene rings is 1. The number of nitrogens with one attached hydrogen (secondary N) is 1. The summed E-state index contributed by atoms with van der Waals surface area (Å²) in [5.74, 6) is -1.02. The normalized spacial score (nSPS) is 10.6. The van der Waals surface area contributed by atoms with Gasteiger partial charge in [-0.3, -0.25) is 4.79 Å². The number of carbonyl (C=O) groups is 2. The maximum atomic E-state index is 11.7. The molecule has 0 aliphatic rings. The third-order valence-electron chi connectivity index (χ3n) is 2.44. The second-order valence-electron chi connectivity index (χ2n) is 4.04. The Morgan fingerprint density at radius 1 is 1.41 bits per heavy atom. The number of ether oxygens (including phenoxy) is 1. The number of amides is 1. The maximum Gasteiger partial charge on any atom is 0.341 e. The van der Waals surface area contributed by atoms with Gasteiger partial charge in [0.1, 0.15) is 5.75 Å². The molecule has 0 aliphatic carbocycles. The summed E-state index contributed by atoms with van der Waals surface area (Å²) in [6, 6.07) is 8.51. The fourth-order valence-electron chi connectivity index (χ4n) is 1.51. The molecular formula is C14H11BrN2O4S. The van der Waals surface area contributed by atoms with Gasteiger partial charge in [-0.25, -0.2) is 10.2 Å². The zero-order valence-corrected chi connectivity index (χ0v) is 13.6. The average molecular weight is 383 g/mol. The second kappa shape index (κ2) is 7.71. The predicted molar refractivity (Wildman–Crippen MR) is 86.7 cm³/mol. The van der Waals surface area contributed by atoms with Crippen molar-refractivity contribution in [3.63, 3.8) is 0 Å². The molecule has 2 N–H and O–H groups in total. The number of hydrogen-bond donors (Lipinski definition) is 2. The lowest BCUT2D eigenvalue weighted by molar-refractivity contribution is -0.139. The average Bonchev–Trinajstić information content (AvgIpc) is 3.00. The minimum atomic E-state index is -1.07. The van der Waals surface area contributed by atoms with Crippen LogP contribution in [0.1, 0.15) is 15.2 Å². The molecule has 114 valence electrons. The SMILES string of the molecule is O=C(O)COc1ccc(Br)cc1/C=N\NC(=O)c1cccs1. The van der Waals surface area contributed by atoms with Crippen molar-refractivity contribution in [2.45, 2.75) is 0 Å². The molecule has 0 bridgehead atoms. The maximum absolute atomic E-state index is 11.7. The van der Waals surface area contributed by atoms with E-state index in [0.29, 0.717) is 16.2 Å². The summed E-state index contributed by atoms with van der Waals surface area (Å²) in [7, 11) is 0. The molecule has 1 aromatic carbocycles. The van der Waals surface area contributed by atoms with E-state index >= 15 is 0 Å². The van der Waals surface area contributed by atoms with Crippen LogP contribution in [0.2, 0.25) is 0 Å². The first kappa shape index (κ1) is 16.2. The summed E-state index contributed by atoms with van der Waals surface area (Å²) >= 11 is 4.62. The molecule has 22 heavy (non-hydrogen) atoms. The highest BCUT2D eigenvalue weighted by molar-refractivity contribution is 9.10. The first-order chi connectivity index (χ1) is 10.6. The third-order valence-corrected chi connectivity index (χ3v) is 3.80. The van der Waals surface area contributed by atoms with Crippen LogP contribution in [0.5, 0.6) is 5.75 Å². The van der Waals surface area contributed by atoms with Crippen LogP contribution in [0.4, 0.5) is 0 Å². The van der Waals surface area contributed by atoms with Crippen LogP contribution in [0.25, 0.3) is 0 Å². The van der Waals surface area contributed by atoms with Crippen LogP contribution in [-0.4, -0.2) is 29.8 Å². The highest BCUT2D eigenvalue weighted by atomic mass is 79.9. The number of hydrogen-bond acceptors (Lipinski definition) is 5. The van der Waals surface area contributed by atoms with Crippen LogP contribution in [0.15, 0.2) is 45.3 Å². The van der Waals surface area contributed by atoms with Gasteiger partial charge in [0.25, 0.3) is 5.91 Å². The molecule has 0 spiro atoms. The number of carbonyl (C=O) groups excluding carboxylic acids is 1. The monoisotopic (exact) mass is 382 g/mol. The number of hydrazone groups is 1. The number of rotatable bonds is 6. The van der Waals surface area contributed by atoms with E-state index < -0.39 is 12.6 Å². The van der Waals surface area contributed by atoms with E-state index in [0.717, 1.165) is 4.47 Å². The lowest BCUT2D eigenvalue weighted by atomic mass is 10.2. The van der Waals surface area contributed by atoms with Crippen LogP contribution < -0.4 is 10.2 Å². The Labute approximate surface area is 138 Å². The topological polar surface area (TPSA) is 88.0 Å². The molecular weight excluding hydrogens is 372 g/mol. The van der Waals surface area contributed by atoms with E-state index in [-0.39, 0.29) is 5.91 Å². The quantitative estimate of drug-likeness (QED) is 0.593. The number of halogens is 1. The van der Waals surface area contributed by atoms with Crippen molar-refractivity contribution in [1.29, 1.82) is 0 Å². The lowest BCUT2D eigenvalue weighted by Gasteiger charge is -2.07. The number of carboxylic acids is 1. The molecule has 0 aliphatic heterocycles. The summed E-state index contributed by atoms with van der Waals surface area (Å²) < 4.78 is 5.94. The molecule has 8 heteroatoms. The van der Waals surface area contributed by atoms with Crippen molar-refractivity contribution in [2.24, 2.45) is 5.10 Å². The van der Waals surface area contributed by atoms with Crippen LogP contribution in [-0.2, 0) is 4.79 Å². The van der Waals surface area contributed by atoms with Gasteiger partial charge in [0, 0.05) is 10.0 Å². The standard InChI is InChI=1S/C14H11BrN2O4S/c15-10-3-4-11(21-8-13(18)19)9(6-10)7-16-17-14(20)12-2-1-5-22-12/h1-7H,8H2,(H,17,20)(H,18,19)/b16-7-. The van der Waals surface area contributed by atoms with E-state index in [4.69, 9.17) is 9.84 Å². The highest BCUT2D eigenvalue weighted by Gasteiger charge is 2.07. The molecule has 0 atom stereocenters. The number of thiophene rings is 1. The van der Waals surface area contributed by atoms with Crippen LogP contribution >= 0.6 is 27.3 Å². The summed E-state index contributed by atoms with van der Waals surface area (Å²) in [5, 5.41) is 14.3. The summed E-state index contributed by atoms with van der Waals surface area (Å²) in [5.41, 5.74) is 2.94. The fraction of sp³-hybridized carbons (Fsp3) is 0.0714. The molecule has 2 rings (SSSR count). The predicted octanol–water partition coefficient (Wildman–Crippen LogP) is 2.74. The first-order valence-electron chi connectivity index (χ1n) is 6.07. The van der Waals surface area contributed by atoms with Gasteiger partial charge in [-0.15, -0.1) is 11.3 Å². The van der Waals surface area contributed by atoms with Crippen LogP contribution in [0, 0.1) is 0 Å². The van der Waals surface area contributed by atoms with Crippen molar-refractivity contribution in [3.8, 4) is 5.75 Å². The van der Waals surface area contributed by atoms with E-state index in [1.165, 1.54) is 17.6 Å².